The standard InChI is InChI=1S/C17H14Cl2N2O/c1-9-5-10(2)16(14(19)6-9)20-8-13-12-7-11(18)3-4-15(12)21-17(13)22/h3-8,21-22H,1-2H3. The van der Waals surface area contributed by atoms with Crippen LogP contribution in [-0.2, 0) is 0 Å². The third-order valence-corrected chi connectivity index (χ3v) is 4.02. The molecule has 0 saturated carbocycles. The highest BCUT2D eigenvalue weighted by molar-refractivity contribution is 6.33. The zero-order valence-corrected chi connectivity index (χ0v) is 13.6. The van der Waals surface area contributed by atoms with Crippen molar-refractivity contribution in [1.82, 2.24) is 4.98 Å². The Morgan fingerprint density at radius 1 is 1.14 bits per heavy atom. The Morgan fingerprint density at radius 2 is 1.91 bits per heavy atom. The average Bonchev–Trinajstić information content (AvgIpc) is 2.73. The Morgan fingerprint density at radius 3 is 2.64 bits per heavy atom. The summed E-state index contributed by atoms with van der Waals surface area (Å²) in [4.78, 5) is 7.35. The van der Waals surface area contributed by atoms with Crippen LogP contribution < -0.4 is 0 Å². The predicted octanol–water partition coefficient (Wildman–Crippen LogP) is 5.55. The first kappa shape index (κ1) is 14.9. The zero-order chi connectivity index (χ0) is 15.9. The van der Waals surface area contributed by atoms with Gasteiger partial charge in [0, 0.05) is 22.1 Å². The van der Waals surface area contributed by atoms with Gasteiger partial charge in [-0.2, -0.15) is 0 Å². The van der Waals surface area contributed by atoms with Crippen LogP contribution in [0.3, 0.4) is 0 Å². The molecule has 1 aromatic heterocycles. The maximum absolute atomic E-state index is 10.1. The molecule has 0 bridgehead atoms. The van der Waals surface area contributed by atoms with E-state index >= 15 is 0 Å². The van der Waals surface area contributed by atoms with Gasteiger partial charge in [-0.1, -0.05) is 29.3 Å². The number of aliphatic imine (C=N–C) groups is 1. The van der Waals surface area contributed by atoms with Crippen molar-refractivity contribution in [3.05, 3.63) is 57.1 Å². The molecule has 3 nitrogen and oxygen atoms in total. The largest absolute Gasteiger partial charge is 0.494 e. The monoisotopic (exact) mass is 332 g/mol. The van der Waals surface area contributed by atoms with Crippen molar-refractivity contribution in [3.8, 4) is 5.88 Å². The molecule has 22 heavy (non-hydrogen) atoms. The van der Waals surface area contributed by atoms with Gasteiger partial charge in [0.2, 0.25) is 0 Å². The van der Waals surface area contributed by atoms with Gasteiger partial charge in [0.25, 0.3) is 0 Å². The lowest BCUT2D eigenvalue weighted by atomic mass is 10.1. The van der Waals surface area contributed by atoms with Gasteiger partial charge < -0.3 is 10.1 Å². The van der Waals surface area contributed by atoms with Crippen molar-refractivity contribution in [1.29, 1.82) is 0 Å². The molecule has 3 rings (SSSR count). The van der Waals surface area contributed by atoms with E-state index in [-0.39, 0.29) is 5.88 Å². The summed E-state index contributed by atoms with van der Waals surface area (Å²) in [5.41, 5.74) is 4.16. The van der Waals surface area contributed by atoms with Crippen molar-refractivity contribution in [3.63, 3.8) is 0 Å². The second-order valence-corrected chi connectivity index (χ2v) is 6.09. The van der Waals surface area contributed by atoms with Gasteiger partial charge in [0.1, 0.15) is 0 Å². The van der Waals surface area contributed by atoms with E-state index in [1.54, 1.807) is 18.3 Å². The quantitative estimate of drug-likeness (QED) is 0.594. The van der Waals surface area contributed by atoms with Crippen LogP contribution in [0.5, 0.6) is 5.88 Å². The molecule has 0 aliphatic rings. The lowest BCUT2D eigenvalue weighted by Gasteiger charge is -2.04. The molecule has 0 atom stereocenters. The summed E-state index contributed by atoms with van der Waals surface area (Å²) in [6.45, 7) is 3.94. The number of aromatic hydroxyl groups is 1. The fraction of sp³-hybridized carbons (Fsp3) is 0.118. The number of nitrogens with zero attached hydrogens (tertiary/aromatic N) is 1. The van der Waals surface area contributed by atoms with Crippen molar-refractivity contribution < 1.29 is 5.11 Å². The lowest BCUT2D eigenvalue weighted by molar-refractivity contribution is 0.457. The number of nitrogens with one attached hydrogen (secondary N) is 1. The molecule has 2 aromatic carbocycles. The summed E-state index contributed by atoms with van der Waals surface area (Å²) in [5.74, 6) is 0.0573. The summed E-state index contributed by atoms with van der Waals surface area (Å²) in [5, 5.41) is 12.1. The van der Waals surface area contributed by atoms with E-state index < -0.39 is 0 Å². The second kappa shape index (κ2) is 5.67. The smallest absolute Gasteiger partial charge is 0.198 e. The third kappa shape index (κ3) is 2.70. The number of hydrogen-bond acceptors (Lipinski definition) is 2. The van der Waals surface area contributed by atoms with Crippen LogP contribution >= 0.6 is 23.2 Å². The van der Waals surface area contributed by atoms with Crippen molar-refractivity contribution in [2.45, 2.75) is 13.8 Å². The average molecular weight is 333 g/mol. The summed E-state index contributed by atoms with van der Waals surface area (Å²) in [6, 6.07) is 9.26. The molecule has 2 N–H and O–H groups in total. The number of aryl methyl sites for hydroxylation is 2. The number of rotatable bonds is 2. The predicted molar refractivity (Wildman–Crippen MR) is 93.2 cm³/mol. The minimum atomic E-state index is 0.0573. The van der Waals surface area contributed by atoms with Crippen LogP contribution in [-0.4, -0.2) is 16.3 Å². The van der Waals surface area contributed by atoms with Crippen LogP contribution in [0.15, 0.2) is 35.3 Å². The highest BCUT2D eigenvalue weighted by Crippen LogP contribution is 2.32. The molecule has 0 amide bonds. The van der Waals surface area contributed by atoms with E-state index in [1.165, 1.54) is 0 Å². The fourth-order valence-corrected chi connectivity index (χ4v) is 3.04. The number of fused-ring (bicyclic) bond motifs is 1. The molecule has 3 aromatic rings. The Kier molecular flexibility index (Phi) is 3.85. The Balaban J connectivity index is 2.10. The molecule has 0 aliphatic heterocycles. The van der Waals surface area contributed by atoms with E-state index in [0.29, 0.717) is 21.3 Å². The minimum Gasteiger partial charge on any atom is -0.494 e. The van der Waals surface area contributed by atoms with E-state index in [2.05, 4.69) is 9.98 Å². The Hall–Kier alpha value is -1.97. The van der Waals surface area contributed by atoms with Gasteiger partial charge in [-0.05, 0) is 49.2 Å². The highest BCUT2D eigenvalue weighted by atomic mass is 35.5. The van der Waals surface area contributed by atoms with E-state index in [0.717, 1.165) is 22.0 Å². The van der Waals surface area contributed by atoms with Crippen LogP contribution in [0.1, 0.15) is 16.7 Å². The molecule has 0 saturated heterocycles. The molecule has 0 fully saturated rings. The summed E-state index contributed by atoms with van der Waals surface area (Å²) in [6.07, 6.45) is 1.61. The van der Waals surface area contributed by atoms with Crippen LogP contribution in [0, 0.1) is 13.8 Å². The van der Waals surface area contributed by atoms with Gasteiger partial charge in [0.15, 0.2) is 5.88 Å². The molecule has 0 unspecified atom stereocenters. The van der Waals surface area contributed by atoms with Crippen molar-refractivity contribution in [2.75, 3.05) is 0 Å². The first-order valence-corrected chi connectivity index (χ1v) is 7.52. The van der Waals surface area contributed by atoms with Crippen LogP contribution in [0.25, 0.3) is 10.9 Å². The van der Waals surface area contributed by atoms with Gasteiger partial charge in [-0.3, -0.25) is 4.99 Å². The first-order valence-electron chi connectivity index (χ1n) is 6.76. The summed E-state index contributed by atoms with van der Waals surface area (Å²) >= 11 is 12.3. The number of benzene rings is 2. The van der Waals surface area contributed by atoms with Gasteiger partial charge in [-0.15, -0.1) is 0 Å². The Labute approximate surface area is 138 Å². The molecule has 112 valence electrons. The van der Waals surface area contributed by atoms with Gasteiger partial charge >= 0.3 is 0 Å². The van der Waals surface area contributed by atoms with Crippen molar-refractivity contribution >= 4 is 46.0 Å². The first-order chi connectivity index (χ1) is 10.5. The molecule has 0 aliphatic carbocycles. The van der Waals surface area contributed by atoms with E-state index in [9.17, 15) is 5.11 Å². The maximum atomic E-state index is 10.1. The summed E-state index contributed by atoms with van der Waals surface area (Å²) in [7, 11) is 0. The molecule has 0 radical (unpaired) electrons. The molecular formula is C17H14Cl2N2O. The van der Waals surface area contributed by atoms with Gasteiger partial charge in [0.05, 0.1) is 16.3 Å². The van der Waals surface area contributed by atoms with E-state index in [4.69, 9.17) is 23.2 Å². The Bertz CT molecular complexity index is 874. The highest BCUT2D eigenvalue weighted by Gasteiger charge is 2.10. The number of H-pyrrole nitrogens is 1. The number of hydrogen-bond donors (Lipinski definition) is 2. The van der Waals surface area contributed by atoms with Crippen LogP contribution in [0.2, 0.25) is 10.0 Å². The molecular weight excluding hydrogens is 319 g/mol. The molecule has 1 heterocycles. The minimum absolute atomic E-state index is 0.0573. The molecule has 5 heteroatoms. The lowest BCUT2D eigenvalue weighted by Crippen LogP contribution is -1.83. The third-order valence-electron chi connectivity index (χ3n) is 3.50. The second-order valence-electron chi connectivity index (χ2n) is 5.25. The number of aromatic amines is 1. The SMILES string of the molecule is Cc1cc(C)c(N=Cc2c(O)[nH]c3ccc(Cl)cc23)c(Cl)c1. The molecule has 0 spiro atoms. The topological polar surface area (TPSA) is 48.4 Å². The number of halogens is 2. The van der Waals surface area contributed by atoms with E-state index in [1.807, 2.05) is 32.0 Å². The fourth-order valence-electron chi connectivity index (χ4n) is 2.50. The van der Waals surface area contributed by atoms with Crippen molar-refractivity contribution in [2.24, 2.45) is 4.99 Å². The zero-order valence-electron chi connectivity index (χ0n) is 12.1. The summed E-state index contributed by atoms with van der Waals surface area (Å²) < 4.78 is 0. The normalized spacial score (nSPS) is 11.6. The van der Waals surface area contributed by atoms with Crippen LogP contribution in [0.4, 0.5) is 5.69 Å². The van der Waals surface area contributed by atoms with Gasteiger partial charge in [-0.25, -0.2) is 0 Å². The number of aromatic nitrogens is 1. The maximum Gasteiger partial charge on any atom is 0.198 e.